The van der Waals surface area contributed by atoms with E-state index in [-0.39, 0.29) is 35.9 Å². The van der Waals surface area contributed by atoms with Gasteiger partial charge >= 0.3 is 0 Å². The summed E-state index contributed by atoms with van der Waals surface area (Å²) < 4.78 is 38.7. The van der Waals surface area contributed by atoms with Crippen molar-refractivity contribution in [1.29, 1.82) is 0 Å². The van der Waals surface area contributed by atoms with Gasteiger partial charge in [0.1, 0.15) is 5.82 Å². The topological polar surface area (TPSA) is 110 Å². The maximum Gasteiger partial charge on any atom is 0.271 e. The van der Waals surface area contributed by atoms with E-state index < -0.39 is 20.8 Å². The summed E-state index contributed by atoms with van der Waals surface area (Å²) in [5.41, 5.74) is 0.152. The van der Waals surface area contributed by atoms with Gasteiger partial charge in [0, 0.05) is 37.8 Å². The third kappa shape index (κ3) is 5.56. The summed E-state index contributed by atoms with van der Waals surface area (Å²) in [7, 11) is -2.40. The number of benzene rings is 2. The number of rotatable bonds is 8. The predicted octanol–water partition coefficient (Wildman–Crippen LogP) is 2.77. The molecule has 0 aromatic heterocycles. The Morgan fingerprint density at radius 1 is 1.22 bits per heavy atom. The molecular weight excluding hydrogens is 377 g/mol. The number of nitrogens with zero attached hydrogens (tertiary/aromatic N) is 2. The third-order valence-electron chi connectivity index (χ3n) is 3.74. The second kappa shape index (κ2) is 8.69. The first kappa shape index (κ1) is 20.5. The molecule has 0 aliphatic heterocycles. The Morgan fingerprint density at radius 2 is 1.89 bits per heavy atom. The van der Waals surface area contributed by atoms with Gasteiger partial charge in [-0.15, -0.1) is 0 Å². The molecule has 1 amide bonds. The fraction of sp³-hybridized carbons (Fsp3) is 0.235. The molecule has 0 unspecified atom stereocenters. The van der Waals surface area contributed by atoms with Gasteiger partial charge in [-0.25, -0.2) is 17.1 Å². The number of sulfonamides is 1. The van der Waals surface area contributed by atoms with Crippen LogP contribution in [0.5, 0.6) is 0 Å². The van der Waals surface area contributed by atoms with Crippen molar-refractivity contribution >= 4 is 27.3 Å². The van der Waals surface area contributed by atoms with E-state index in [9.17, 15) is 27.7 Å². The quantitative estimate of drug-likeness (QED) is 0.546. The lowest BCUT2D eigenvalue weighted by molar-refractivity contribution is -0.384. The Labute approximate surface area is 155 Å². The highest BCUT2D eigenvalue weighted by atomic mass is 32.2. The maximum absolute atomic E-state index is 12.9. The summed E-state index contributed by atoms with van der Waals surface area (Å²) >= 11 is 0. The number of nitro groups is 1. The zero-order valence-corrected chi connectivity index (χ0v) is 15.3. The standard InChI is InChI=1S/C17H18FN3O5S/c1-20(27(25,26)16-9-7-13(18)8-10-16)11-3-6-17(22)19-14-4-2-5-15(12-14)21(23)24/h2,4-5,7-10,12H,3,6,11H2,1H3,(H,19,22). The highest BCUT2D eigenvalue weighted by Crippen LogP contribution is 2.18. The summed E-state index contributed by atoms with van der Waals surface area (Å²) in [5.74, 6) is -0.919. The lowest BCUT2D eigenvalue weighted by Crippen LogP contribution is -2.28. The molecule has 0 saturated carbocycles. The first-order valence-electron chi connectivity index (χ1n) is 7.96. The van der Waals surface area contributed by atoms with Gasteiger partial charge in [0.15, 0.2) is 0 Å². The van der Waals surface area contributed by atoms with Crippen molar-refractivity contribution < 1.29 is 22.5 Å². The molecule has 0 heterocycles. The summed E-state index contributed by atoms with van der Waals surface area (Å²) in [4.78, 5) is 22.1. The zero-order chi connectivity index (χ0) is 20.0. The summed E-state index contributed by atoms with van der Waals surface area (Å²) in [6, 6.07) is 10.0. The lowest BCUT2D eigenvalue weighted by Gasteiger charge is -2.17. The predicted molar refractivity (Wildman–Crippen MR) is 97.2 cm³/mol. The lowest BCUT2D eigenvalue weighted by atomic mass is 10.2. The second-order valence-corrected chi connectivity index (χ2v) is 7.78. The molecule has 0 aliphatic rings. The van der Waals surface area contributed by atoms with E-state index in [4.69, 9.17) is 0 Å². The van der Waals surface area contributed by atoms with Gasteiger partial charge in [0.05, 0.1) is 9.82 Å². The molecule has 144 valence electrons. The summed E-state index contributed by atoms with van der Waals surface area (Å²) in [6.07, 6.45) is 0.281. The largest absolute Gasteiger partial charge is 0.326 e. The molecule has 0 radical (unpaired) electrons. The van der Waals surface area contributed by atoms with Crippen LogP contribution in [0.1, 0.15) is 12.8 Å². The van der Waals surface area contributed by atoms with E-state index in [1.54, 1.807) is 0 Å². The Morgan fingerprint density at radius 3 is 2.52 bits per heavy atom. The van der Waals surface area contributed by atoms with E-state index >= 15 is 0 Å². The van der Waals surface area contributed by atoms with Crippen molar-refractivity contribution in [1.82, 2.24) is 4.31 Å². The van der Waals surface area contributed by atoms with E-state index in [1.165, 1.54) is 43.4 Å². The molecule has 2 rings (SSSR count). The number of carbonyl (C=O) groups excluding carboxylic acids is 1. The molecule has 0 fully saturated rings. The molecule has 0 aliphatic carbocycles. The van der Waals surface area contributed by atoms with E-state index in [0.29, 0.717) is 5.69 Å². The molecule has 0 atom stereocenters. The van der Waals surface area contributed by atoms with Crippen molar-refractivity contribution in [3.8, 4) is 0 Å². The average Bonchev–Trinajstić information content (AvgIpc) is 2.62. The van der Waals surface area contributed by atoms with Crippen molar-refractivity contribution in [3.63, 3.8) is 0 Å². The van der Waals surface area contributed by atoms with Gasteiger partial charge in [-0.3, -0.25) is 14.9 Å². The van der Waals surface area contributed by atoms with Crippen LogP contribution in [0, 0.1) is 15.9 Å². The van der Waals surface area contributed by atoms with Gasteiger partial charge in [0.25, 0.3) is 5.69 Å². The Hall–Kier alpha value is -2.85. The molecule has 10 heteroatoms. The molecule has 8 nitrogen and oxygen atoms in total. The Kier molecular flexibility index (Phi) is 6.59. The first-order valence-corrected chi connectivity index (χ1v) is 9.40. The van der Waals surface area contributed by atoms with Crippen LogP contribution in [-0.2, 0) is 14.8 Å². The molecule has 1 N–H and O–H groups in total. The number of carbonyl (C=O) groups is 1. The molecule has 0 bridgehead atoms. The number of halogens is 1. The number of anilines is 1. The van der Waals surface area contributed by atoms with Crippen LogP contribution < -0.4 is 5.32 Å². The van der Waals surface area contributed by atoms with Crippen molar-refractivity contribution in [2.45, 2.75) is 17.7 Å². The normalized spacial score (nSPS) is 11.4. The van der Waals surface area contributed by atoms with Crippen LogP contribution in [0.2, 0.25) is 0 Å². The van der Waals surface area contributed by atoms with Crippen LogP contribution >= 0.6 is 0 Å². The highest BCUT2D eigenvalue weighted by Gasteiger charge is 2.20. The summed E-state index contributed by atoms with van der Waals surface area (Å²) in [5, 5.41) is 13.3. The molecule has 2 aromatic rings. The number of amides is 1. The third-order valence-corrected chi connectivity index (χ3v) is 5.61. The van der Waals surface area contributed by atoms with Gasteiger partial charge in [-0.2, -0.15) is 0 Å². The highest BCUT2D eigenvalue weighted by molar-refractivity contribution is 7.89. The fourth-order valence-corrected chi connectivity index (χ4v) is 3.50. The molecule has 0 spiro atoms. The summed E-state index contributed by atoms with van der Waals surface area (Å²) in [6.45, 7) is 0.0854. The van der Waals surface area contributed by atoms with Gasteiger partial charge < -0.3 is 5.32 Å². The van der Waals surface area contributed by atoms with Crippen LogP contribution in [0.4, 0.5) is 15.8 Å². The SMILES string of the molecule is CN(CCCC(=O)Nc1cccc([N+](=O)[O-])c1)S(=O)(=O)c1ccc(F)cc1. The fourth-order valence-electron chi connectivity index (χ4n) is 2.29. The van der Waals surface area contributed by atoms with E-state index in [1.807, 2.05) is 0 Å². The number of hydrogen-bond acceptors (Lipinski definition) is 5. The minimum Gasteiger partial charge on any atom is -0.326 e. The number of hydrogen-bond donors (Lipinski definition) is 1. The molecule has 2 aromatic carbocycles. The van der Waals surface area contributed by atoms with Crippen LogP contribution in [-0.4, -0.2) is 37.1 Å². The maximum atomic E-state index is 12.9. The Bertz CT molecular complexity index is 932. The first-order chi connectivity index (χ1) is 12.7. The van der Waals surface area contributed by atoms with Crippen molar-refractivity contribution in [3.05, 3.63) is 64.5 Å². The van der Waals surface area contributed by atoms with E-state index in [0.717, 1.165) is 16.4 Å². The van der Waals surface area contributed by atoms with Crippen molar-refractivity contribution in [2.75, 3.05) is 18.9 Å². The van der Waals surface area contributed by atoms with Crippen LogP contribution in [0.25, 0.3) is 0 Å². The minimum atomic E-state index is -3.77. The second-order valence-electron chi connectivity index (χ2n) is 5.74. The van der Waals surface area contributed by atoms with Crippen LogP contribution in [0.3, 0.4) is 0 Å². The van der Waals surface area contributed by atoms with E-state index in [2.05, 4.69) is 5.32 Å². The van der Waals surface area contributed by atoms with Gasteiger partial charge in [-0.1, -0.05) is 6.07 Å². The molecule has 27 heavy (non-hydrogen) atoms. The zero-order valence-electron chi connectivity index (χ0n) is 14.5. The van der Waals surface area contributed by atoms with Gasteiger partial charge in [-0.05, 0) is 36.8 Å². The average molecular weight is 395 g/mol. The Balaban J connectivity index is 1.88. The molecular formula is C17H18FN3O5S. The smallest absolute Gasteiger partial charge is 0.271 e. The van der Waals surface area contributed by atoms with Crippen LogP contribution in [0.15, 0.2) is 53.4 Å². The van der Waals surface area contributed by atoms with Crippen molar-refractivity contribution in [2.24, 2.45) is 0 Å². The van der Waals surface area contributed by atoms with Gasteiger partial charge in [0.2, 0.25) is 15.9 Å². The minimum absolute atomic E-state index is 0.0337. The number of nitrogens with one attached hydrogen (secondary N) is 1. The molecule has 0 saturated heterocycles. The monoisotopic (exact) mass is 395 g/mol. The number of nitro benzene ring substituents is 1. The number of non-ortho nitro benzene ring substituents is 1.